The third kappa shape index (κ3) is 2.68. The van der Waals surface area contributed by atoms with Crippen molar-refractivity contribution in [2.45, 2.75) is 31.7 Å². The number of hydrogen-bond acceptors (Lipinski definition) is 3. The lowest BCUT2D eigenvalue weighted by Gasteiger charge is -2.07. The van der Waals surface area contributed by atoms with Crippen LogP contribution in [0.2, 0.25) is 0 Å². The molecule has 1 aromatic rings. The summed E-state index contributed by atoms with van der Waals surface area (Å²) in [5.41, 5.74) is 5.83. The number of halogens is 1. The Morgan fingerprint density at radius 1 is 1.60 bits per heavy atom. The number of carbonyl (C=O) groups excluding carboxylic acids is 1. The number of Topliss-reactive ketones (excluding diaryl/α,β-unsaturated/α-hetero) is 1. The Morgan fingerprint density at radius 2 is 2.40 bits per heavy atom. The Bertz CT molecular complexity index is 363. The van der Waals surface area contributed by atoms with Crippen LogP contribution in [0.3, 0.4) is 0 Å². The summed E-state index contributed by atoms with van der Waals surface area (Å²) in [6.07, 6.45) is 3.85. The van der Waals surface area contributed by atoms with Crippen LogP contribution in [0, 0.1) is 5.92 Å². The van der Waals surface area contributed by atoms with E-state index in [-0.39, 0.29) is 5.78 Å². The van der Waals surface area contributed by atoms with Crippen molar-refractivity contribution in [1.82, 2.24) is 0 Å². The molecule has 82 valence electrons. The van der Waals surface area contributed by atoms with E-state index in [1.807, 2.05) is 11.4 Å². The first kappa shape index (κ1) is 11.3. The summed E-state index contributed by atoms with van der Waals surface area (Å²) in [7, 11) is 0. The second-order valence-electron chi connectivity index (χ2n) is 4.16. The Morgan fingerprint density at radius 3 is 2.93 bits per heavy atom. The predicted octanol–water partition coefficient (Wildman–Crippen LogP) is 3.21. The van der Waals surface area contributed by atoms with Crippen LogP contribution in [0.1, 0.15) is 35.4 Å². The molecule has 0 amide bonds. The molecule has 1 heterocycles. The molecule has 4 heteroatoms. The minimum atomic E-state index is 0.260. The maximum atomic E-state index is 11.9. The lowest BCUT2D eigenvalue weighted by atomic mass is 10.0. The Hall–Kier alpha value is -0.190. The van der Waals surface area contributed by atoms with Crippen LogP contribution in [0.25, 0.3) is 0 Å². The van der Waals surface area contributed by atoms with Gasteiger partial charge in [0.2, 0.25) is 0 Å². The van der Waals surface area contributed by atoms with Gasteiger partial charge in [-0.05, 0) is 52.6 Å². The third-order valence-corrected chi connectivity index (χ3v) is 4.81. The summed E-state index contributed by atoms with van der Waals surface area (Å²) in [4.78, 5) is 12.8. The fourth-order valence-electron chi connectivity index (χ4n) is 2.15. The van der Waals surface area contributed by atoms with Crippen LogP contribution in [0.15, 0.2) is 15.9 Å². The summed E-state index contributed by atoms with van der Waals surface area (Å²) in [6.45, 7) is 0. The van der Waals surface area contributed by atoms with Gasteiger partial charge in [0.05, 0.1) is 4.88 Å². The largest absolute Gasteiger partial charge is 0.328 e. The van der Waals surface area contributed by atoms with Gasteiger partial charge in [0.25, 0.3) is 0 Å². The van der Waals surface area contributed by atoms with Gasteiger partial charge in [0, 0.05) is 16.9 Å². The van der Waals surface area contributed by atoms with Crippen LogP contribution < -0.4 is 5.73 Å². The number of carbonyl (C=O) groups is 1. The molecule has 0 saturated heterocycles. The molecule has 0 aromatic carbocycles. The maximum absolute atomic E-state index is 11.9. The Balaban J connectivity index is 1.96. The van der Waals surface area contributed by atoms with Gasteiger partial charge < -0.3 is 5.73 Å². The lowest BCUT2D eigenvalue weighted by molar-refractivity contribution is 0.0965. The van der Waals surface area contributed by atoms with Crippen molar-refractivity contribution < 1.29 is 4.79 Å². The molecule has 2 unspecified atom stereocenters. The number of thiophene rings is 1. The molecule has 0 aliphatic heterocycles. The van der Waals surface area contributed by atoms with Crippen LogP contribution >= 0.6 is 27.3 Å². The zero-order valence-electron chi connectivity index (χ0n) is 8.41. The molecule has 1 fully saturated rings. The van der Waals surface area contributed by atoms with Gasteiger partial charge >= 0.3 is 0 Å². The fraction of sp³-hybridized carbons (Fsp3) is 0.545. The van der Waals surface area contributed by atoms with E-state index in [9.17, 15) is 4.79 Å². The number of rotatable bonds is 3. The molecular weight excluding hydrogens is 274 g/mol. The second-order valence-corrected chi connectivity index (χ2v) is 5.93. The average Bonchev–Trinajstić information content (AvgIpc) is 2.75. The SMILES string of the molecule is NC1CCC(CC(=O)c2sccc2Br)C1. The van der Waals surface area contributed by atoms with E-state index in [1.165, 1.54) is 11.3 Å². The van der Waals surface area contributed by atoms with Crippen LogP contribution in [-0.4, -0.2) is 11.8 Å². The molecule has 1 aliphatic rings. The summed E-state index contributed by atoms with van der Waals surface area (Å²) in [5, 5.41) is 1.94. The van der Waals surface area contributed by atoms with Crippen molar-refractivity contribution in [2.24, 2.45) is 11.7 Å². The van der Waals surface area contributed by atoms with Crippen molar-refractivity contribution in [2.75, 3.05) is 0 Å². The topological polar surface area (TPSA) is 43.1 Å². The smallest absolute Gasteiger partial charge is 0.174 e. The molecule has 2 nitrogen and oxygen atoms in total. The minimum Gasteiger partial charge on any atom is -0.328 e. The van der Waals surface area contributed by atoms with E-state index in [0.717, 1.165) is 28.6 Å². The minimum absolute atomic E-state index is 0.260. The van der Waals surface area contributed by atoms with E-state index in [0.29, 0.717) is 18.4 Å². The maximum Gasteiger partial charge on any atom is 0.174 e. The molecule has 15 heavy (non-hydrogen) atoms. The predicted molar refractivity (Wildman–Crippen MR) is 66.3 cm³/mol. The highest BCUT2D eigenvalue weighted by Gasteiger charge is 2.25. The summed E-state index contributed by atoms with van der Waals surface area (Å²) in [6, 6.07) is 2.24. The van der Waals surface area contributed by atoms with Crippen molar-refractivity contribution in [3.05, 3.63) is 20.8 Å². The Labute approximate surface area is 102 Å². The molecule has 2 N–H and O–H groups in total. The molecule has 0 radical (unpaired) electrons. The molecular formula is C11H14BrNOS. The first-order valence-corrected chi connectivity index (χ1v) is 6.86. The molecule has 2 rings (SSSR count). The zero-order valence-corrected chi connectivity index (χ0v) is 10.8. The van der Waals surface area contributed by atoms with Crippen molar-refractivity contribution >= 4 is 33.0 Å². The van der Waals surface area contributed by atoms with Gasteiger partial charge in [0.15, 0.2) is 5.78 Å². The quantitative estimate of drug-likeness (QED) is 0.868. The van der Waals surface area contributed by atoms with Crippen LogP contribution in [0.4, 0.5) is 0 Å². The standard InChI is InChI=1S/C11H14BrNOS/c12-9-3-4-15-11(9)10(14)6-7-1-2-8(13)5-7/h3-4,7-8H,1-2,5-6,13H2. The summed E-state index contributed by atoms with van der Waals surface area (Å²) in [5.74, 6) is 0.762. The average molecular weight is 288 g/mol. The summed E-state index contributed by atoms with van der Waals surface area (Å²) < 4.78 is 0.930. The second kappa shape index (κ2) is 4.76. The first-order valence-electron chi connectivity index (χ1n) is 5.18. The van der Waals surface area contributed by atoms with E-state index < -0.39 is 0 Å². The fourth-order valence-corrected chi connectivity index (χ4v) is 3.69. The van der Waals surface area contributed by atoms with E-state index in [2.05, 4.69) is 15.9 Å². The van der Waals surface area contributed by atoms with Gasteiger partial charge in [-0.1, -0.05) is 0 Å². The van der Waals surface area contributed by atoms with Crippen LogP contribution in [0.5, 0.6) is 0 Å². The molecule has 1 aromatic heterocycles. The zero-order chi connectivity index (χ0) is 10.8. The lowest BCUT2D eigenvalue weighted by Crippen LogP contribution is -2.15. The number of ketones is 1. The summed E-state index contributed by atoms with van der Waals surface area (Å²) >= 11 is 4.91. The molecule has 1 saturated carbocycles. The molecule has 2 atom stereocenters. The molecule has 0 bridgehead atoms. The van der Waals surface area contributed by atoms with Crippen molar-refractivity contribution in [1.29, 1.82) is 0 Å². The van der Waals surface area contributed by atoms with Crippen molar-refractivity contribution in [3.63, 3.8) is 0 Å². The van der Waals surface area contributed by atoms with Gasteiger partial charge in [0.1, 0.15) is 0 Å². The normalized spacial score (nSPS) is 25.7. The third-order valence-electron chi connectivity index (χ3n) is 2.93. The van der Waals surface area contributed by atoms with Gasteiger partial charge in [-0.15, -0.1) is 11.3 Å². The highest BCUT2D eigenvalue weighted by atomic mass is 79.9. The van der Waals surface area contributed by atoms with Gasteiger partial charge in [-0.25, -0.2) is 0 Å². The number of nitrogens with two attached hydrogens (primary N) is 1. The van der Waals surface area contributed by atoms with E-state index in [4.69, 9.17) is 5.73 Å². The highest BCUT2D eigenvalue weighted by Crippen LogP contribution is 2.31. The monoisotopic (exact) mass is 287 g/mol. The first-order chi connectivity index (χ1) is 7.16. The van der Waals surface area contributed by atoms with Crippen molar-refractivity contribution in [3.8, 4) is 0 Å². The Kier molecular flexibility index (Phi) is 3.59. The highest BCUT2D eigenvalue weighted by molar-refractivity contribution is 9.10. The van der Waals surface area contributed by atoms with Gasteiger partial charge in [-0.2, -0.15) is 0 Å². The van der Waals surface area contributed by atoms with Gasteiger partial charge in [-0.3, -0.25) is 4.79 Å². The van der Waals surface area contributed by atoms with E-state index in [1.54, 1.807) is 0 Å². The molecule has 0 spiro atoms. The molecule has 1 aliphatic carbocycles. The van der Waals surface area contributed by atoms with E-state index >= 15 is 0 Å². The van der Waals surface area contributed by atoms with Crippen LogP contribution in [-0.2, 0) is 0 Å². The number of hydrogen-bond donors (Lipinski definition) is 1.